The second-order valence-electron chi connectivity index (χ2n) is 7.28. The molecule has 0 radical (unpaired) electrons. The Morgan fingerprint density at radius 1 is 1.00 bits per heavy atom. The minimum absolute atomic E-state index is 0.128. The van der Waals surface area contributed by atoms with Gasteiger partial charge in [0.15, 0.2) is 0 Å². The van der Waals surface area contributed by atoms with Crippen LogP contribution in [0, 0.1) is 13.8 Å². The van der Waals surface area contributed by atoms with E-state index in [-0.39, 0.29) is 24.3 Å². The van der Waals surface area contributed by atoms with Gasteiger partial charge in [0.2, 0.25) is 5.91 Å². The molecule has 0 atom stereocenters. The van der Waals surface area contributed by atoms with E-state index in [4.69, 9.17) is 4.74 Å². The molecule has 0 aliphatic carbocycles. The molecule has 1 aromatic heterocycles. The number of rotatable bonds is 8. The summed E-state index contributed by atoms with van der Waals surface area (Å²) in [7, 11) is 1.37. The fourth-order valence-electron chi connectivity index (χ4n) is 3.36. The Balaban J connectivity index is 1.61. The summed E-state index contributed by atoms with van der Waals surface area (Å²) in [6.45, 7) is 3.72. The van der Waals surface area contributed by atoms with E-state index in [2.05, 4.69) is 15.7 Å². The van der Waals surface area contributed by atoms with Gasteiger partial charge >= 0.3 is 5.97 Å². The zero-order valence-corrected chi connectivity index (χ0v) is 18.3. The molecule has 0 aliphatic heterocycles. The maximum Gasteiger partial charge on any atom is 0.305 e. The zero-order chi connectivity index (χ0) is 23.1. The first-order chi connectivity index (χ1) is 15.4. The van der Waals surface area contributed by atoms with Crippen LogP contribution in [0.5, 0.6) is 0 Å². The van der Waals surface area contributed by atoms with Crippen molar-refractivity contribution in [3.05, 3.63) is 77.1 Å². The number of anilines is 1. The van der Waals surface area contributed by atoms with Gasteiger partial charge < -0.3 is 15.4 Å². The van der Waals surface area contributed by atoms with Crippen molar-refractivity contribution in [2.45, 2.75) is 26.7 Å². The molecule has 166 valence electrons. The molecule has 1 heterocycles. The summed E-state index contributed by atoms with van der Waals surface area (Å²) in [6, 6.07) is 16.0. The number of carbonyl (C=O) groups is 3. The second-order valence-corrected chi connectivity index (χ2v) is 7.28. The van der Waals surface area contributed by atoms with Crippen LogP contribution in [0.2, 0.25) is 0 Å². The molecule has 3 rings (SSSR count). The van der Waals surface area contributed by atoms with Gasteiger partial charge in [0.1, 0.15) is 0 Å². The van der Waals surface area contributed by atoms with Crippen LogP contribution >= 0.6 is 0 Å². The van der Waals surface area contributed by atoms with E-state index in [9.17, 15) is 14.4 Å². The molecule has 32 heavy (non-hydrogen) atoms. The number of nitrogens with zero attached hydrogens (tertiary/aromatic N) is 2. The Hall–Kier alpha value is -3.94. The standard InChI is InChI=1S/C24H26N4O4/c1-16-21(13-14-23(30)32-3)17(2)28(27-16)20-11-9-18(10-12-20)24(31)25-15-22(29)26-19-7-5-4-6-8-19/h4-12H,13-15H2,1-3H3,(H,25,31)(H,26,29). The molecule has 0 saturated carbocycles. The zero-order valence-electron chi connectivity index (χ0n) is 18.3. The lowest BCUT2D eigenvalue weighted by Gasteiger charge is -2.09. The van der Waals surface area contributed by atoms with E-state index < -0.39 is 0 Å². The van der Waals surface area contributed by atoms with Gasteiger partial charge in [-0.3, -0.25) is 14.4 Å². The highest BCUT2D eigenvalue weighted by atomic mass is 16.5. The van der Waals surface area contributed by atoms with E-state index in [0.717, 1.165) is 22.6 Å². The summed E-state index contributed by atoms with van der Waals surface area (Å²) >= 11 is 0. The molecule has 0 unspecified atom stereocenters. The summed E-state index contributed by atoms with van der Waals surface area (Å²) in [5.41, 5.74) is 4.69. The Morgan fingerprint density at radius 2 is 1.69 bits per heavy atom. The fourth-order valence-corrected chi connectivity index (χ4v) is 3.36. The number of hydrogen-bond donors (Lipinski definition) is 2. The SMILES string of the molecule is COC(=O)CCc1c(C)nn(-c2ccc(C(=O)NCC(=O)Nc3ccccc3)cc2)c1C. The van der Waals surface area contributed by atoms with Crippen LogP contribution in [0.15, 0.2) is 54.6 Å². The predicted molar refractivity (Wildman–Crippen MR) is 121 cm³/mol. The third-order valence-corrected chi connectivity index (χ3v) is 5.09. The average molecular weight is 434 g/mol. The van der Waals surface area contributed by atoms with Crippen LogP contribution in [0.1, 0.15) is 33.7 Å². The van der Waals surface area contributed by atoms with Crippen LogP contribution in [-0.2, 0) is 20.7 Å². The Labute approximate surface area is 186 Å². The summed E-state index contributed by atoms with van der Waals surface area (Å²) in [6.07, 6.45) is 0.844. The molecule has 0 aliphatic rings. The highest BCUT2D eigenvalue weighted by molar-refractivity contribution is 5.99. The highest BCUT2D eigenvalue weighted by Crippen LogP contribution is 2.20. The number of methoxy groups -OCH3 is 1. The van der Waals surface area contributed by atoms with E-state index in [0.29, 0.717) is 24.1 Å². The Kier molecular flexibility index (Phi) is 7.38. The van der Waals surface area contributed by atoms with E-state index >= 15 is 0 Å². The summed E-state index contributed by atoms with van der Waals surface area (Å²) in [4.78, 5) is 35.9. The molecule has 0 saturated heterocycles. The van der Waals surface area contributed by atoms with Crippen LogP contribution in [0.25, 0.3) is 5.69 Å². The van der Waals surface area contributed by atoms with Crippen molar-refractivity contribution in [3.8, 4) is 5.69 Å². The Bertz CT molecular complexity index is 1110. The molecule has 0 spiro atoms. The quantitative estimate of drug-likeness (QED) is 0.531. The number of esters is 1. The molecular weight excluding hydrogens is 408 g/mol. The molecule has 2 amide bonds. The Morgan fingerprint density at radius 3 is 2.34 bits per heavy atom. The smallest absolute Gasteiger partial charge is 0.305 e. The molecule has 2 N–H and O–H groups in total. The van der Waals surface area contributed by atoms with Gasteiger partial charge in [-0.2, -0.15) is 5.10 Å². The lowest BCUT2D eigenvalue weighted by Crippen LogP contribution is -2.32. The molecule has 8 heteroatoms. The summed E-state index contributed by atoms with van der Waals surface area (Å²) in [5, 5.41) is 9.91. The number of benzene rings is 2. The number of nitrogens with one attached hydrogen (secondary N) is 2. The molecule has 0 bridgehead atoms. The van der Waals surface area contributed by atoms with Gasteiger partial charge in [-0.1, -0.05) is 18.2 Å². The molecule has 0 fully saturated rings. The monoisotopic (exact) mass is 434 g/mol. The van der Waals surface area contributed by atoms with Crippen LogP contribution < -0.4 is 10.6 Å². The van der Waals surface area contributed by atoms with Crippen molar-refractivity contribution in [3.63, 3.8) is 0 Å². The van der Waals surface area contributed by atoms with Crippen molar-refractivity contribution in [2.75, 3.05) is 19.0 Å². The fraction of sp³-hybridized carbons (Fsp3) is 0.250. The number of ether oxygens (including phenoxy) is 1. The maximum atomic E-state index is 12.4. The van der Waals surface area contributed by atoms with Crippen LogP contribution in [0.4, 0.5) is 5.69 Å². The number of para-hydroxylation sites is 1. The predicted octanol–water partition coefficient (Wildman–Crippen LogP) is 2.96. The minimum Gasteiger partial charge on any atom is -0.469 e. The minimum atomic E-state index is -0.341. The summed E-state index contributed by atoms with van der Waals surface area (Å²) in [5.74, 6) is -0.903. The van der Waals surface area contributed by atoms with Crippen molar-refractivity contribution in [2.24, 2.45) is 0 Å². The van der Waals surface area contributed by atoms with Gasteiger partial charge in [-0.15, -0.1) is 0 Å². The van der Waals surface area contributed by atoms with Gasteiger partial charge in [0, 0.05) is 23.4 Å². The molecule has 2 aromatic carbocycles. The number of aromatic nitrogens is 2. The first-order valence-electron chi connectivity index (χ1n) is 10.2. The first-order valence-corrected chi connectivity index (χ1v) is 10.2. The highest BCUT2D eigenvalue weighted by Gasteiger charge is 2.15. The van der Waals surface area contributed by atoms with E-state index in [1.165, 1.54) is 7.11 Å². The first kappa shape index (κ1) is 22.7. The van der Waals surface area contributed by atoms with Crippen molar-refractivity contribution in [1.82, 2.24) is 15.1 Å². The van der Waals surface area contributed by atoms with Gasteiger partial charge in [0.25, 0.3) is 5.91 Å². The maximum absolute atomic E-state index is 12.4. The number of hydrogen-bond acceptors (Lipinski definition) is 5. The molecule has 3 aromatic rings. The van der Waals surface area contributed by atoms with E-state index in [1.54, 1.807) is 41.1 Å². The molecule has 8 nitrogen and oxygen atoms in total. The van der Waals surface area contributed by atoms with Gasteiger partial charge in [-0.05, 0) is 62.2 Å². The topological polar surface area (TPSA) is 102 Å². The number of amides is 2. The van der Waals surface area contributed by atoms with Crippen LogP contribution in [0.3, 0.4) is 0 Å². The summed E-state index contributed by atoms with van der Waals surface area (Å²) < 4.78 is 6.50. The lowest BCUT2D eigenvalue weighted by molar-refractivity contribution is -0.140. The third kappa shape index (κ3) is 5.60. The van der Waals surface area contributed by atoms with E-state index in [1.807, 2.05) is 32.0 Å². The van der Waals surface area contributed by atoms with Gasteiger partial charge in [-0.25, -0.2) is 4.68 Å². The number of aryl methyl sites for hydroxylation is 1. The van der Waals surface area contributed by atoms with Crippen molar-refractivity contribution < 1.29 is 19.1 Å². The number of carbonyl (C=O) groups excluding carboxylic acids is 3. The average Bonchev–Trinajstić information content (AvgIpc) is 3.09. The normalized spacial score (nSPS) is 10.5. The van der Waals surface area contributed by atoms with Crippen molar-refractivity contribution >= 4 is 23.5 Å². The molecular formula is C24H26N4O4. The lowest BCUT2D eigenvalue weighted by atomic mass is 10.1. The van der Waals surface area contributed by atoms with Gasteiger partial charge in [0.05, 0.1) is 25.0 Å². The second kappa shape index (κ2) is 10.4. The van der Waals surface area contributed by atoms with Crippen LogP contribution in [-0.4, -0.2) is 41.2 Å². The van der Waals surface area contributed by atoms with Crippen molar-refractivity contribution in [1.29, 1.82) is 0 Å². The largest absolute Gasteiger partial charge is 0.469 e. The third-order valence-electron chi connectivity index (χ3n) is 5.09.